The van der Waals surface area contributed by atoms with Crippen molar-refractivity contribution >= 4 is 39.8 Å². The van der Waals surface area contributed by atoms with Crippen molar-refractivity contribution in [2.75, 3.05) is 18.5 Å². The fraction of sp³-hybridized carbons (Fsp3) is 0.263. The summed E-state index contributed by atoms with van der Waals surface area (Å²) in [5.74, 6) is -0.0154. The van der Waals surface area contributed by atoms with Crippen molar-refractivity contribution in [2.24, 2.45) is 5.92 Å². The Labute approximate surface area is 169 Å². The summed E-state index contributed by atoms with van der Waals surface area (Å²) >= 11 is 6.99. The molecule has 0 aliphatic carbocycles. The van der Waals surface area contributed by atoms with Crippen molar-refractivity contribution in [1.82, 2.24) is 9.97 Å². The summed E-state index contributed by atoms with van der Waals surface area (Å²) in [4.78, 5) is 34.3. The van der Waals surface area contributed by atoms with Gasteiger partial charge in [-0.15, -0.1) is 0 Å². The van der Waals surface area contributed by atoms with Crippen LogP contribution in [-0.2, 0) is 4.74 Å². The minimum Gasteiger partial charge on any atom is -0.463 e. The minimum atomic E-state index is -0.380. The zero-order valence-electron chi connectivity index (χ0n) is 14.7. The number of Topliss-reactive ketones (excluding diaryl/α,β-unsaturated/α-hetero) is 1. The van der Waals surface area contributed by atoms with Gasteiger partial charge in [-0.3, -0.25) is 14.9 Å². The predicted molar refractivity (Wildman–Crippen MR) is 105 cm³/mol. The summed E-state index contributed by atoms with van der Waals surface area (Å²) in [6, 6.07) is 6.49. The van der Waals surface area contributed by atoms with Crippen molar-refractivity contribution < 1.29 is 18.7 Å². The SMILES string of the molecule is O=C(Nc1nc(-c2ccco2)c(C(=O)C2CCOCC2)s1)c1ccnc(Cl)c1. The first kappa shape index (κ1) is 18.8. The number of rotatable bonds is 5. The molecule has 1 aliphatic heterocycles. The Bertz CT molecular complexity index is 997. The van der Waals surface area contributed by atoms with Gasteiger partial charge in [-0.05, 0) is 37.1 Å². The van der Waals surface area contributed by atoms with Crippen LogP contribution in [0.3, 0.4) is 0 Å². The molecule has 1 aliphatic rings. The Balaban J connectivity index is 1.63. The second kappa shape index (κ2) is 8.22. The van der Waals surface area contributed by atoms with Gasteiger partial charge in [-0.25, -0.2) is 9.97 Å². The summed E-state index contributed by atoms with van der Waals surface area (Å²) < 4.78 is 10.8. The number of hydrogen-bond donors (Lipinski definition) is 1. The van der Waals surface area contributed by atoms with E-state index >= 15 is 0 Å². The van der Waals surface area contributed by atoms with E-state index in [4.69, 9.17) is 20.8 Å². The van der Waals surface area contributed by atoms with Gasteiger partial charge < -0.3 is 9.15 Å². The average molecular weight is 418 g/mol. The first-order chi connectivity index (χ1) is 13.6. The highest BCUT2D eigenvalue weighted by Crippen LogP contribution is 2.35. The van der Waals surface area contributed by atoms with Gasteiger partial charge in [0, 0.05) is 30.9 Å². The molecule has 4 heterocycles. The van der Waals surface area contributed by atoms with Gasteiger partial charge in [-0.1, -0.05) is 22.9 Å². The van der Waals surface area contributed by atoms with E-state index in [0.717, 1.165) is 11.3 Å². The fourth-order valence-corrected chi connectivity index (χ4v) is 4.14. The topological polar surface area (TPSA) is 94.3 Å². The lowest BCUT2D eigenvalue weighted by Gasteiger charge is -2.20. The summed E-state index contributed by atoms with van der Waals surface area (Å²) in [7, 11) is 0. The van der Waals surface area contributed by atoms with Crippen LogP contribution in [0.15, 0.2) is 41.1 Å². The molecule has 144 valence electrons. The predicted octanol–water partition coefficient (Wildman–Crippen LogP) is 4.31. The number of thiazole rings is 1. The molecule has 0 bridgehead atoms. The van der Waals surface area contributed by atoms with E-state index in [1.807, 2.05) is 0 Å². The number of pyridine rings is 1. The number of halogens is 1. The van der Waals surface area contributed by atoms with Crippen LogP contribution >= 0.6 is 22.9 Å². The molecule has 1 N–H and O–H groups in total. The van der Waals surface area contributed by atoms with Gasteiger partial charge in [0.1, 0.15) is 15.7 Å². The van der Waals surface area contributed by atoms with Crippen LogP contribution in [0.25, 0.3) is 11.5 Å². The molecule has 0 saturated carbocycles. The molecule has 9 heteroatoms. The maximum absolute atomic E-state index is 13.1. The number of ether oxygens (including phenoxy) is 1. The Morgan fingerprint density at radius 1 is 1.25 bits per heavy atom. The molecule has 0 unspecified atom stereocenters. The molecule has 0 radical (unpaired) electrons. The molecule has 4 rings (SSSR count). The van der Waals surface area contributed by atoms with Crippen LogP contribution in [0.1, 0.15) is 32.9 Å². The van der Waals surface area contributed by atoms with E-state index in [2.05, 4.69) is 15.3 Å². The summed E-state index contributed by atoms with van der Waals surface area (Å²) in [6.07, 6.45) is 4.32. The number of ketones is 1. The second-order valence-corrected chi connectivity index (χ2v) is 7.63. The highest BCUT2D eigenvalue weighted by atomic mass is 35.5. The molecular weight excluding hydrogens is 402 g/mol. The zero-order chi connectivity index (χ0) is 19.5. The lowest BCUT2D eigenvalue weighted by Crippen LogP contribution is -2.23. The van der Waals surface area contributed by atoms with Crippen molar-refractivity contribution in [2.45, 2.75) is 12.8 Å². The van der Waals surface area contributed by atoms with E-state index in [1.54, 1.807) is 18.2 Å². The number of anilines is 1. The molecule has 0 atom stereocenters. The van der Waals surface area contributed by atoms with Gasteiger partial charge in [0.15, 0.2) is 16.7 Å². The number of carbonyl (C=O) groups is 2. The highest BCUT2D eigenvalue weighted by Gasteiger charge is 2.29. The number of amides is 1. The molecule has 0 spiro atoms. The van der Waals surface area contributed by atoms with Crippen LogP contribution in [0.4, 0.5) is 5.13 Å². The lowest BCUT2D eigenvalue weighted by molar-refractivity contribution is 0.0547. The number of carbonyl (C=O) groups excluding carboxylic acids is 2. The molecule has 3 aromatic heterocycles. The molecule has 1 saturated heterocycles. The Morgan fingerprint density at radius 2 is 2.07 bits per heavy atom. The Kier molecular flexibility index (Phi) is 5.52. The van der Waals surface area contributed by atoms with Crippen LogP contribution in [-0.4, -0.2) is 34.9 Å². The van der Waals surface area contributed by atoms with Crippen LogP contribution in [0.5, 0.6) is 0 Å². The lowest BCUT2D eigenvalue weighted by atomic mass is 9.94. The molecule has 1 amide bonds. The molecule has 0 aromatic carbocycles. The smallest absolute Gasteiger partial charge is 0.257 e. The maximum Gasteiger partial charge on any atom is 0.257 e. The molecule has 7 nitrogen and oxygen atoms in total. The molecule has 3 aromatic rings. The Hall–Kier alpha value is -2.55. The van der Waals surface area contributed by atoms with Crippen molar-refractivity contribution in [3.63, 3.8) is 0 Å². The highest BCUT2D eigenvalue weighted by molar-refractivity contribution is 7.18. The quantitative estimate of drug-likeness (QED) is 0.491. The molecular formula is C19H16ClN3O4S. The normalized spacial score (nSPS) is 14.8. The van der Waals surface area contributed by atoms with Crippen LogP contribution in [0.2, 0.25) is 5.15 Å². The van der Waals surface area contributed by atoms with E-state index < -0.39 is 0 Å². The van der Waals surface area contributed by atoms with Gasteiger partial charge >= 0.3 is 0 Å². The third kappa shape index (κ3) is 3.99. The average Bonchev–Trinajstić information content (AvgIpc) is 3.38. The van der Waals surface area contributed by atoms with Crippen molar-refractivity contribution in [3.8, 4) is 11.5 Å². The van der Waals surface area contributed by atoms with Gasteiger partial charge in [-0.2, -0.15) is 0 Å². The van der Waals surface area contributed by atoms with Gasteiger partial charge in [0.25, 0.3) is 5.91 Å². The molecule has 1 fully saturated rings. The largest absolute Gasteiger partial charge is 0.463 e. The Morgan fingerprint density at radius 3 is 2.79 bits per heavy atom. The van der Waals surface area contributed by atoms with E-state index in [-0.39, 0.29) is 22.8 Å². The third-order valence-corrected chi connectivity index (χ3v) is 5.60. The summed E-state index contributed by atoms with van der Waals surface area (Å²) in [5.41, 5.74) is 0.793. The summed E-state index contributed by atoms with van der Waals surface area (Å²) in [5, 5.41) is 3.27. The minimum absolute atomic E-state index is 0.000320. The number of furan rings is 1. The standard InChI is InChI=1S/C19H16ClN3O4S/c20-14-10-12(3-6-21-14)18(25)23-19-22-15(13-2-1-7-27-13)17(28-19)16(24)11-4-8-26-9-5-11/h1-3,6-7,10-11H,4-5,8-9H2,(H,22,23,25). The van der Waals surface area contributed by atoms with E-state index in [9.17, 15) is 9.59 Å². The van der Waals surface area contributed by atoms with Crippen molar-refractivity contribution in [1.29, 1.82) is 0 Å². The maximum atomic E-state index is 13.1. The summed E-state index contributed by atoms with van der Waals surface area (Å²) in [6.45, 7) is 1.13. The van der Waals surface area contributed by atoms with E-state index in [1.165, 1.54) is 18.5 Å². The first-order valence-electron chi connectivity index (χ1n) is 8.71. The van der Waals surface area contributed by atoms with Gasteiger partial charge in [0.2, 0.25) is 0 Å². The monoisotopic (exact) mass is 417 g/mol. The van der Waals surface area contributed by atoms with E-state index in [0.29, 0.717) is 53.1 Å². The second-order valence-electron chi connectivity index (χ2n) is 6.25. The third-order valence-electron chi connectivity index (χ3n) is 4.41. The van der Waals surface area contributed by atoms with Gasteiger partial charge in [0.05, 0.1) is 6.26 Å². The van der Waals surface area contributed by atoms with Crippen molar-refractivity contribution in [3.05, 3.63) is 52.3 Å². The zero-order valence-corrected chi connectivity index (χ0v) is 16.3. The number of nitrogens with zero attached hydrogens (tertiary/aromatic N) is 2. The number of nitrogens with one attached hydrogen (secondary N) is 1. The first-order valence-corrected chi connectivity index (χ1v) is 9.91. The number of aromatic nitrogens is 2. The fourth-order valence-electron chi connectivity index (χ4n) is 2.98. The molecule has 28 heavy (non-hydrogen) atoms. The van der Waals surface area contributed by atoms with Crippen LogP contribution in [0, 0.1) is 5.92 Å². The van der Waals surface area contributed by atoms with Crippen LogP contribution < -0.4 is 5.32 Å². The number of hydrogen-bond acceptors (Lipinski definition) is 7.